The standard InChI is InChI=1S/C17H28N6O2/c1-3-5-11(2)25-17-21-15(18)16-20-10-13(23(16)22-17)14(24)12-6-4-8-19-9-7-12/h10-12,14,19,24H,3-9H2,1-2H3,(H2,18,21,22)/t11-,12?,14?/m0/s1. The van der Waals surface area contributed by atoms with Gasteiger partial charge in [0.25, 0.3) is 0 Å². The number of anilines is 1. The van der Waals surface area contributed by atoms with E-state index in [1.54, 1.807) is 10.7 Å². The van der Waals surface area contributed by atoms with E-state index in [0.29, 0.717) is 11.3 Å². The molecule has 3 rings (SSSR count). The van der Waals surface area contributed by atoms with Gasteiger partial charge in [0.15, 0.2) is 11.5 Å². The lowest BCUT2D eigenvalue weighted by molar-refractivity contribution is 0.0944. The van der Waals surface area contributed by atoms with Crippen molar-refractivity contribution in [3.05, 3.63) is 11.9 Å². The summed E-state index contributed by atoms with van der Waals surface area (Å²) in [5.74, 6) is 0.434. The Kier molecular flexibility index (Phi) is 5.70. The Morgan fingerprint density at radius 1 is 1.44 bits per heavy atom. The average molecular weight is 348 g/mol. The molecule has 138 valence electrons. The Morgan fingerprint density at radius 3 is 3.08 bits per heavy atom. The van der Waals surface area contributed by atoms with E-state index in [0.717, 1.165) is 45.2 Å². The second kappa shape index (κ2) is 7.97. The van der Waals surface area contributed by atoms with Gasteiger partial charge in [-0.1, -0.05) is 13.3 Å². The smallest absolute Gasteiger partial charge is 0.336 e. The van der Waals surface area contributed by atoms with Gasteiger partial charge in [-0.2, -0.15) is 4.98 Å². The number of aliphatic hydroxyl groups excluding tert-OH is 1. The molecule has 0 bridgehead atoms. The Bertz CT molecular complexity index is 696. The summed E-state index contributed by atoms with van der Waals surface area (Å²) in [6, 6.07) is 0.222. The first kappa shape index (κ1) is 17.9. The van der Waals surface area contributed by atoms with E-state index in [2.05, 4.69) is 27.3 Å². The van der Waals surface area contributed by atoms with Crippen LogP contribution in [0, 0.1) is 5.92 Å². The van der Waals surface area contributed by atoms with Gasteiger partial charge in [-0.15, -0.1) is 5.10 Å². The minimum Gasteiger partial charge on any atom is -0.459 e. The van der Waals surface area contributed by atoms with Gasteiger partial charge in [0.05, 0.1) is 18.0 Å². The first-order valence-electron chi connectivity index (χ1n) is 9.16. The number of fused-ring (bicyclic) bond motifs is 1. The zero-order chi connectivity index (χ0) is 17.8. The molecule has 1 aliphatic heterocycles. The Morgan fingerprint density at radius 2 is 2.28 bits per heavy atom. The van der Waals surface area contributed by atoms with Crippen LogP contribution in [0.1, 0.15) is 57.7 Å². The highest BCUT2D eigenvalue weighted by atomic mass is 16.5. The molecule has 1 aliphatic rings. The molecule has 8 nitrogen and oxygen atoms in total. The number of ether oxygens (including phenoxy) is 1. The largest absolute Gasteiger partial charge is 0.459 e. The van der Waals surface area contributed by atoms with E-state index in [-0.39, 0.29) is 23.9 Å². The van der Waals surface area contributed by atoms with Crippen molar-refractivity contribution in [2.24, 2.45) is 5.92 Å². The predicted molar refractivity (Wildman–Crippen MR) is 95.4 cm³/mol. The first-order chi connectivity index (χ1) is 12.1. The highest BCUT2D eigenvalue weighted by molar-refractivity contribution is 5.59. The molecule has 3 heterocycles. The van der Waals surface area contributed by atoms with Gasteiger partial charge in [-0.25, -0.2) is 9.50 Å². The van der Waals surface area contributed by atoms with Crippen molar-refractivity contribution in [3.63, 3.8) is 0 Å². The second-order valence-corrected chi connectivity index (χ2v) is 6.80. The van der Waals surface area contributed by atoms with E-state index in [1.165, 1.54) is 0 Å². The van der Waals surface area contributed by atoms with Gasteiger partial charge in [0, 0.05) is 0 Å². The molecule has 0 aromatic carbocycles. The Labute approximate surface area is 147 Å². The van der Waals surface area contributed by atoms with Crippen LogP contribution in [0.5, 0.6) is 6.01 Å². The maximum atomic E-state index is 10.9. The van der Waals surface area contributed by atoms with Crippen LogP contribution in [0.15, 0.2) is 6.20 Å². The summed E-state index contributed by atoms with van der Waals surface area (Å²) in [5, 5.41) is 18.7. The third-order valence-corrected chi connectivity index (χ3v) is 4.77. The minimum absolute atomic E-state index is 0.00618. The lowest BCUT2D eigenvalue weighted by atomic mass is 9.92. The number of aliphatic hydroxyl groups is 1. The molecule has 4 N–H and O–H groups in total. The van der Waals surface area contributed by atoms with Crippen molar-refractivity contribution in [1.29, 1.82) is 0 Å². The molecule has 0 aliphatic carbocycles. The van der Waals surface area contributed by atoms with E-state index < -0.39 is 6.10 Å². The fraction of sp³-hybridized carbons (Fsp3) is 0.706. The van der Waals surface area contributed by atoms with E-state index in [4.69, 9.17) is 10.5 Å². The Balaban J connectivity index is 1.88. The molecule has 3 atom stereocenters. The number of hydrogen-bond donors (Lipinski definition) is 3. The zero-order valence-corrected chi connectivity index (χ0v) is 15.0. The zero-order valence-electron chi connectivity index (χ0n) is 15.0. The van der Waals surface area contributed by atoms with Crippen LogP contribution in [0.2, 0.25) is 0 Å². The van der Waals surface area contributed by atoms with Crippen molar-refractivity contribution in [1.82, 2.24) is 24.9 Å². The normalized spacial score (nSPS) is 21.0. The van der Waals surface area contributed by atoms with Crippen LogP contribution >= 0.6 is 0 Å². The summed E-state index contributed by atoms with van der Waals surface area (Å²) in [6.45, 7) is 6.00. The van der Waals surface area contributed by atoms with Crippen LogP contribution in [-0.2, 0) is 0 Å². The minimum atomic E-state index is -0.634. The van der Waals surface area contributed by atoms with Crippen molar-refractivity contribution < 1.29 is 9.84 Å². The highest BCUT2D eigenvalue weighted by Gasteiger charge is 2.26. The lowest BCUT2D eigenvalue weighted by Crippen LogP contribution is -2.19. The Hall–Kier alpha value is -1.93. The molecule has 25 heavy (non-hydrogen) atoms. The average Bonchev–Trinajstić information content (AvgIpc) is 2.81. The van der Waals surface area contributed by atoms with Crippen LogP contribution in [0.4, 0.5) is 5.82 Å². The molecule has 1 saturated heterocycles. The number of rotatable bonds is 6. The van der Waals surface area contributed by atoms with Crippen molar-refractivity contribution in [2.75, 3.05) is 18.8 Å². The summed E-state index contributed by atoms with van der Waals surface area (Å²) in [4.78, 5) is 8.49. The molecule has 1 fully saturated rings. The van der Waals surface area contributed by atoms with Crippen LogP contribution in [-0.4, -0.2) is 43.9 Å². The monoisotopic (exact) mass is 348 g/mol. The van der Waals surface area contributed by atoms with E-state index >= 15 is 0 Å². The predicted octanol–water partition coefficient (Wildman–Crippen LogP) is 1.70. The maximum absolute atomic E-state index is 10.9. The number of nitrogens with two attached hydrogens (primary N) is 1. The van der Waals surface area contributed by atoms with Crippen LogP contribution in [0.25, 0.3) is 5.65 Å². The number of hydrogen-bond acceptors (Lipinski definition) is 7. The lowest BCUT2D eigenvalue weighted by Gasteiger charge is -2.20. The summed E-state index contributed by atoms with van der Waals surface area (Å²) in [6.07, 6.45) is 5.89. The molecular formula is C17H28N6O2. The number of nitrogen functional groups attached to an aromatic ring is 1. The molecule has 2 aromatic heterocycles. The van der Waals surface area contributed by atoms with Gasteiger partial charge < -0.3 is 20.9 Å². The number of imidazole rings is 1. The third-order valence-electron chi connectivity index (χ3n) is 4.77. The van der Waals surface area contributed by atoms with Crippen LogP contribution < -0.4 is 15.8 Å². The molecular weight excluding hydrogens is 320 g/mol. The molecule has 2 aromatic rings. The molecule has 8 heteroatoms. The molecule has 2 unspecified atom stereocenters. The SMILES string of the molecule is CCC[C@H](C)Oc1nc(N)c2ncc(C(O)C3CCCNCC3)n2n1. The summed E-state index contributed by atoms with van der Waals surface area (Å²) < 4.78 is 7.35. The fourth-order valence-corrected chi connectivity index (χ4v) is 3.40. The van der Waals surface area contributed by atoms with Crippen molar-refractivity contribution in [2.45, 2.75) is 58.2 Å². The van der Waals surface area contributed by atoms with Gasteiger partial charge in [-0.3, -0.25) is 0 Å². The second-order valence-electron chi connectivity index (χ2n) is 6.80. The molecule has 0 saturated carbocycles. The number of nitrogens with zero attached hydrogens (tertiary/aromatic N) is 4. The topological polar surface area (TPSA) is 111 Å². The van der Waals surface area contributed by atoms with Crippen molar-refractivity contribution in [3.8, 4) is 6.01 Å². The van der Waals surface area contributed by atoms with Gasteiger partial charge in [-0.05, 0) is 51.6 Å². The molecule has 0 amide bonds. The molecule has 0 radical (unpaired) electrons. The van der Waals surface area contributed by atoms with Crippen LogP contribution in [0.3, 0.4) is 0 Å². The number of aromatic nitrogens is 4. The van der Waals surface area contributed by atoms with Gasteiger partial charge >= 0.3 is 6.01 Å². The van der Waals surface area contributed by atoms with E-state index in [1.807, 2.05) is 6.92 Å². The van der Waals surface area contributed by atoms with Crippen molar-refractivity contribution >= 4 is 11.5 Å². The third kappa shape index (κ3) is 4.01. The van der Waals surface area contributed by atoms with Gasteiger partial charge in [0.1, 0.15) is 6.10 Å². The fourth-order valence-electron chi connectivity index (χ4n) is 3.40. The summed E-state index contributed by atoms with van der Waals surface area (Å²) in [7, 11) is 0. The van der Waals surface area contributed by atoms with E-state index in [9.17, 15) is 5.11 Å². The quantitative estimate of drug-likeness (QED) is 0.728. The summed E-state index contributed by atoms with van der Waals surface area (Å²) in [5.41, 5.74) is 7.12. The summed E-state index contributed by atoms with van der Waals surface area (Å²) >= 11 is 0. The first-order valence-corrected chi connectivity index (χ1v) is 9.16. The highest BCUT2D eigenvalue weighted by Crippen LogP contribution is 2.30. The number of nitrogens with one attached hydrogen (secondary N) is 1. The molecule has 0 spiro atoms. The van der Waals surface area contributed by atoms with Gasteiger partial charge in [0.2, 0.25) is 0 Å². The maximum Gasteiger partial charge on any atom is 0.336 e.